The van der Waals surface area contributed by atoms with E-state index in [2.05, 4.69) is 67.7 Å². The van der Waals surface area contributed by atoms with Crippen LogP contribution in [0.4, 0.5) is 0 Å². The summed E-state index contributed by atoms with van der Waals surface area (Å²) in [5, 5.41) is 21.1. The highest BCUT2D eigenvalue weighted by Crippen LogP contribution is 2.45. The standard InChI is InChI=1S/C21H44O4Si2/c1-19(2,3)26(8,9)24-17-14-16(12-13-22)15-18(21(17,7)23)25-27(10,11)20(4,5)6/h12,17-18,22-23H,13-15H2,1-11H3/t17-,18+,21?. The highest BCUT2D eigenvalue weighted by molar-refractivity contribution is 6.74. The maximum absolute atomic E-state index is 11.5. The summed E-state index contributed by atoms with van der Waals surface area (Å²) in [7, 11) is -4.10. The number of rotatable bonds is 5. The molecule has 1 rings (SSSR count). The Hall–Kier alpha value is 0.0138. The van der Waals surface area contributed by atoms with Gasteiger partial charge in [-0.1, -0.05) is 53.2 Å². The van der Waals surface area contributed by atoms with Gasteiger partial charge < -0.3 is 19.1 Å². The van der Waals surface area contributed by atoms with Gasteiger partial charge in [0.2, 0.25) is 0 Å². The van der Waals surface area contributed by atoms with Crippen molar-refractivity contribution in [1.82, 2.24) is 0 Å². The summed E-state index contributed by atoms with van der Waals surface area (Å²) in [4.78, 5) is 0. The molecule has 0 amide bonds. The first kappa shape index (κ1) is 25.1. The molecule has 160 valence electrons. The Labute approximate surface area is 169 Å². The van der Waals surface area contributed by atoms with Crippen molar-refractivity contribution in [3.8, 4) is 0 Å². The van der Waals surface area contributed by atoms with E-state index in [1.165, 1.54) is 0 Å². The van der Waals surface area contributed by atoms with Gasteiger partial charge in [0.25, 0.3) is 0 Å². The fourth-order valence-electron chi connectivity index (χ4n) is 2.86. The lowest BCUT2D eigenvalue weighted by Gasteiger charge is -2.51. The fourth-order valence-corrected chi connectivity index (χ4v) is 5.64. The third kappa shape index (κ3) is 5.76. The van der Waals surface area contributed by atoms with Crippen molar-refractivity contribution < 1.29 is 19.1 Å². The Morgan fingerprint density at radius 2 is 1.26 bits per heavy atom. The Balaban J connectivity index is 3.23. The summed E-state index contributed by atoms with van der Waals surface area (Å²) in [5.74, 6) is 0. The quantitative estimate of drug-likeness (QED) is 0.476. The SMILES string of the molecule is CC1(O)[C@@H](O[Si](C)(C)C(C)(C)C)CC(=CCO)C[C@H]1O[Si](C)(C)C(C)(C)C. The number of aliphatic hydroxyl groups excluding tert-OH is 1. The van der Waals surface area contributed by atoms with E-state index in [0.717, 1.165) is 5.57 Å². The molecule has 0 aliphatic heterocycles. The van der Waals surface area contributed by atoms with E-state index in [1.807, 2.05) is 13.0 Å². The fraction of sp³-hybridized carbons (Fsp3) is 0.905. The van der Waals surface area contributed by atoms with Crippen LogP contribution in [0.2, 0.25) is 36.3 Å². The van der Waals surface area contributed by atoms with Gasteiger partial charge in [-0.2, -0.15) is 0 Å². The molecule has 1 saturated carbocycles. The molecule has 0 aromatic heterocycles. The van der Waals surface area contributed by atoms with E-state index in [0.29, 0.717) is 12.8 Å². The molecule has 0 heterocycles. The predicted molar refractivity (Wildman–Crippen MR) is 119 cm³/mol. The van der Waals surface area contributed by atoms with Gasteiger partial charge in [-0.25, -0.2) is 0 Å². The van der Waals surface area contributed by atoms with Crippen molar-refractivity contribution in [3.05, 3.63) is 11.6 Å². The van der Waals surface area contributed by atoms with Crippen LogP contribution in [0, 0.1) is 0 Å². The lowest BCUT2D eigenvalue weighted by atomic mass is 9.78. The molecule has 0 aromatic rings. The predicted octanol–water partition coefficient (Wildman–Crippen LogP) is 5.23. The van der Waals surface area contributed by atoms with Crippen molar-refractivity contribution in [1.29, 1.82) is 0 Å². The van der Waals surface area contributed by atoms with Crippen LogP contribution in [-0.4, -0.2) is 51.3 Å². The first-order chi connectivity index (χ1) is 11.8. The second-order valence-electron chi connectivity index (χ2n) is 11.4. The summed E-state index contributed by atoms with van der Waals surface area (Å²) in [6.07, 6.45) is 2.52. The highest BCUT2D eigenvalue weighted by Gasteiger charge is 2.52. The Morgan fingerprint density at radius 1 is 0.926 bits per heavy atom. The minimum Gasteiger partial charge on any atom is -0.411 e. The number of hydrogen-bond acceptors (Lipinski definition) is 4. The molecule has 0 bridgehead atoms. The molecule has 1 fully saturated rings. The van der Waals surface area contributed by atoms with Crippen molar-refractivity contribution in [2.24, 2.45) is 0 Å². The zero-order valence-electron chi connectivity index (χ0n) is 19.6. The van der Waals surface area contributed by atoms with E-state index in [-0.39, 0.29) is 28.9 Å². The van der Waals surface area contributed by atoms with Crippen LogP contribution >= 0.6 is 0 Å². The molecule has 0 radical (unpaired) electrons. The minimum absolute atomic E-state index is 0.0110. The molecule has 1 unspecified atom stereocenters. The summed E-state index contributed by atoms with van der Waals surface area (Å²) in [6.45, 7) is 24.0. The van der Waals surface area contributed by atoms with Crippen molar-refractivity contribution in [2.75, 3.05) is 6.61 Å². The first-order valence-corrected chi connectivity index (χ1v) is 16.0. The van der Waals surface area contributed by atoms with Crippen molar-refractivity contribution >= 4 is 16.6 Å². The molecule has 1 aliphatic rings. The molecule has 2 N–H and O–H groups in total. The van der Waals surface area contributed by atoms with Gasteiger partial charge in [-0.05, 0) is 56.0 Å². The molecule has 0 aromatic carbocycles. The molecule has 1 aliphatic carbocycles. The number of aliphatic hydroxyl groups is 2. The molecule has 27 heavy (non-hydrogen) atoms. The zero-order chi connectivity index (χ0) is 21.5. The maximum Gasteiger partial charge on any atom is 0.192 e. The van der Waals surface area contributed by atoms with Gasteiger partial charge >= 0.3 is 0 Å². The van der Waals surface area contributed by atoms with Crippen molar-refractivity contribution in [3.63, 3.8) is 0 Å². The summed E-state index contributed by atoms with van der Waals surface area (Å²) < 4.78 is 13.3. The number of hydrogen-bond donors (Lipinski definition) is 2. The van der Waals surface area contributed by atoms with Crippen LogP contribution in [0.15, 0.2) is 11.6 Å². The van der Waals surface area contributed by atoms with E-state index >= 15 is 0 Å². The van der Waals surface area contributed by atoms with Crippen LogP contribution in [0.5, 0.6) is 0 Å². The average molecular weight is 417 g/mol. The van der Waals surface area contributed by atoms with Gasteiger partial charge in [0, 0.05) is 0 Å². The van der Waals surface area contributed by atoms with Gasteiger partial charge in [0.1, 0.15) is 5.60 Å². The lowest BCUT2D eigenvalue weighted by molar-refractivity contribution is -0.134. The largest absolute Gasteiger partial charge is 0.411 e. The highest BCUT2D eigenvalue weighted by atomic mass is 28.4. The van der Waals surface area contributed by atoms with E-state index in [4.69, 9.17) is 8.85 Å². The monoisotopic (exact) mass is 416 g/mol. The van der Waals surface area contributed by atoms with Crippen LogP contribution in [0.25, 0.3) is 0 Å². The molecule has 6 heteroatoms. The minimum atomic E-state index is -2.05. The average Bonchev–Trinajstić information content (AvgIpc) is 2.41. The third-order valence-corrected chi connectivity index (χ3v) is 16.0. The second kappa shape index (κ2) is 8.03. The molecule has 0 spiro atoms. The summed E-state index contributed by atoms with van der Waals surface area (Å²) in [6, 6.07) is 0. The van der Waals surface area contributed by atoms with Crippen LogP contribution in [0.1, 0.15) is 61.3 Å². The topological polar surface area (TPSA) is 58.9 Å². The van der Waals surface area contributed by atoms with Gasteiger partial charge in [-0.15, -0.1) is 0 Å². The zero-order valence-corrected chi connectivity index (χ0v) is 21.6. The normalized spacial score (nSPS) is 30.0. The molecular formula is C21H44O4Si2. The Bertz CT molecular complexity index is 497. The second-order valence-corrected chi connectivity index (χ2v) is 20.9. The molecule has 4 nitrogen and oxygen atoms in total. The van der Waals surface area contributed by atoms with Gasteiger partial charge in [0.05, 0.1) is 18.8 Å². The molecule has 0 saturated heterocycles. The van der Waals surface area contributed by atoms with Gasteiger partial charge in [0.15, 0.2) is 16.6 Å². The van der Waals surface area contributed by atoms with E-state index < -0.39 is 22.2 Å². The van der Waals surface area contributed by atoms with Gasteiger partial charge in [-0.3, -0.25) is 0 Å². The summed E-state index contributed by atoms with van der Waals surface area (Å²) in [5.41, 5.74) is 0.0640. The smallest absolute Gasteiger partial charge is 0.192 e. The summed E-state index contributed by atoms with van der Waals surface area (Å²) >= 11 is 0. The Morgan fingerprint density at radius 3 is 1.52 bits per heavy atom. The van der Waals surface area contributed by atoms with Crippen LogP contribution in [-0.2, 0) is 8.85 Å². The lowest BCUT2D eigenvalue weighted by Crippen LogP contribution is -2.61. The Kier molecular flexibility index (Phi) is 7.45. The van der Waals surface area contributed by atoms with Crippen molar-refractivity contribution in [2.45, 2.75) is 115 Å². The maximum atomic E-state index is 11.5. The first-order valence-electron chi connectivity index (χ1n) is 10.2. The third-order valence-electron chi connectivity index (χ3n) is 7.06. The van der Waals surface area contributed by atoms with Crippen LogP contribution in [0.3, 0.4) is 0 Å². The molecule has 3 atom stereocenters. The van der Waals surface area contributed by atoms with E-state index in [9.17, 15) is 10.2 Å². The molecular weight excluding hydrogens is 372 g/mol. The van der Waals surface area contributed by atoms with E-state index in [1.54, 1.807) is 0 Å². The van der Waals surface area contributed by atoms with Crippen LogP contribution < -0.4 is 0 Å².